The Balaban J connectivity index is 1.87. The molecule has 2 rings (SSSR count). The van der Waals surface area contributed by atoms with E-state index >= 15 is 0 Å². The Hall–Kier alpha value is -2.35. The van der Waals surface area contributed by atoms with Crippen molar-refractivity contribution in [3.05, 3.63) is 52.1 Å². The summed E-state index contributed by atoms with van der Waals surface area (Å²) in [4.78, 5) is 23.7. The van der Waals surface area contributed by atoms with Crippen molar-refractivity contribution in [2.24, 2.45) is 0 Å². The number of carbonyl (C=O) groups excluding carboxylic acids is 2. The lowest BCUT2D eigenvalue weighted by Crippen LogP contribution is -2.37. The van der Waals surface area contributed by atoms with Crippen LogP contribution in [0, 0.1) is 5.82 Å². The molecule has 0 bridgehead atoms. The molecule has 2 amide bonds. The van der Waals surface area contributed by atoms with Crippen molar-refractivity contribution < 1.29 is 23.1 Å². The highest BCUT2D eigenvalue weighted by molar-refractivity contribution is 9.10. The van der Waals surface area contributed by atoms with Crippen LogP contribution < -0.4 is 15.4 Å². The van der Waals surface area contributed by atoms with Crippen molar-refractivity contribution >= 4 is 27.7 Å². The van der Waals surface area contributed by atoms with Crippen molar-refractivity contribution in [1.82, 2.24) is 10.6 Å². The van der Waals surface area contributed by atoms with Crippen LogP contribution in [-0.4, -0.2) is 25.5 Å². The largest absolute Gasteiger partial charge is 0.494 e. The minimum atomic E-state index is -0.507. The van der Waals surface area contributed by atoms with E-state index < -0.39 is 23.7 Å². The van der Waals surface area contributed by atoms with Gasteiger partial charge in [0.25, 0.3) is 5.91 Å². The van der Waals surface area contributed by atoms with E-state index in [1.54, 1.807) is 19.1 Å². The molecule has 1 atom stereocenters. The van der Waals surface area contributed by atoms with Gasteiger partial charge < -0.3 is 19.8 Å². The topological polar surface area (TPSA) is 80.6 Å². The number of furan rings is 1. The third-order valence-corrected chi connectivity index (χ3v) is 3.69. The molecule has 6 nitrogen and oxygen atoms in total. The van der Waals surface area contributed by atoms with Crippen molar-refractivity contribution in [2.75, 3.05) is 13.7 Å². The van der Waals surface area contributed by atoms with E-state index in [4.69, 9.17) is 9.15 Å². The normalized spacial score (nSPS) is 11.7. The summed E-state index contributed by atoms with van der Waals surface area (Å²) in [7, 11) is 1.38. The maximum absolute atomic E-state index is 13.7. The lowest BCUT2D eigenvalue weighted by Gasteiger charge is -2.15. The smallest absolute Gasteiger partial charge is 0.287 e. The first kappa shape index (κ1) is 18.0. The van der Waals surface area contributed by atoms with Crippen molar-refractivity contribution in [2.45, 2.75) is 13.0 Å². The maximum Gasteiger partial charge on any atom is 0.287 e. The monoisotopic (exact) mass is 398 g/mol. The van der Waals surface area contributed by atoms with Gasteiger partial charge >= 0.3 is 0 Å². The Labute approximate surface area is 146 Å². The molecule has 0 saturated carbocycles. The molecule has 0 aliphatic rings. The van der Waals surface area contributed by atoms with Gasteiger partial charge in [0.15, 0.2) is 22.0 Å². The summed E-state index contributed by atoms with van der Waals surface area (Å²) in [6, 6.07) is 7.08. The second-order valence-corrected chi connectivity index (χ2v) is 5.75. The van der Waals surface area contributed by atoms with E-state index in [0.29, 0.717) is 10.2 Å². The number of methoxy groups -OCH3 is 1. The number of ether oxygens (including phenoxy) is 1. The van der Waals surface area contributed by atoms with Crippen LogP contribution in [0.4, 0.5) is 4.39 Å². The highest BCUT2D eigenvalue weighted by Crippen LogP contribution is 2.21. The lowest BCUT2D eigenvalue weighted by molar-refractivity contribution is -0.120. The molecule has 2 aromatic rings. The van der Waals surface area contributed by atoms with E-state index in [0.717, 1.165) is 0 Å². The van der Waals surface area contributed by atoms with Gasteiger partial charge in [0, 0.05) is 0 Å². The molecule has 0 aliphatic heterocycles. The van der Waals surface area contributed by atoms with Crippen LogP contribution in [0.3, 0.4) is 0 Å². The maximum atomic E-state index is 13.7. The van der Waals surface area contributed by atoms with Gasteiger partial charge in [0.2, 0.25) is 5.91 Å². The molecule has 2 N–H and O–H groups in total. The van der Waals surface area contributed by atoms with Crippen molar-refractivity contribution in [3.8, 4) is 5.75 Å². The fourth-order valence-electron chi connectivity index (χ4n) is 2.01. The van der Waals surface area contributed by atoms with Gasteiger partial charge in [0.1, 0.15) is 0 Å². The minimum Gasteiger partial charge on any atom is -0.494 e. The van der Waals surface area contributed by atoms with E-state index in [1.807, 2.05) is 0 Å². The molecule has 1 aromatic carbocycles. The Bertz CT molecular complexity index is 747. The van der Waals surface area contributed by atoms with Crippen LogP contribution in [0.15, 0.2) is 39.4 Å². The summed E-state index contributed by atoms with van der Waals surface area (Å²) >= 11 is 3.09. The zero-order valence-electron chi connectivity index (χ0n) is 13.1. The molecular formula is C16H16BrFN2O4. The number of hydrogen-bond donors (Lipinski definition) is 2. The quantitative estimate of drug-likeness (QED) is 0.783. The molecule has 0 aliphatic carbocycles. The van der Waals surface area contributed by atoms with Gasteiger partial charge in [0.05, 0.1) is 19.7 Å². The van der Waals surface area contributed by atoms with Crippen LogP contribution in [0.25, 0.3) is 0 Å². The summed E-state index contributed by atoms with van der Waals surface area (Å²) < 4.78 is 24.0. The van der Waals surface area contributed by atoms with E-state index in [1.165, 1.54) is 25.3 Å². The molecule has 0 radical (unpaired) electrons. The lowest BCUT2D eigenvalue weighted by atomic mass is 10.1. The van der Waals surface area contributed by atoms with Gasteiger partial charge in [-0.1, -0.05) is 6.07 Å². The molecule has 0 saturated heterocycles. The van der Waals surface area contributed by atoms with Crippen LogP contribution in [0.2, 0.25) is 0 Å². The number of nitrogens with one attached hydrogen (secondary N) is 2. The Morgan fingerprint density at radius 1 is 1.33 bits per heavy atom. The second-order valence-electron chi connectivity index (χ2n) is 4.97. The number of amides is 2. The van der Waals surface area contributed by atoms with Crippen LogP contribution in [0.1, 0.15) is 29.1 Å². The van der Waals surface area contributed by atoms with Crippen molar-refractivity contribution in [1.29, 1.82) is 0 Å². The second kappa shape index (κ2) is 7.96. The SMILES string of the molecule is COc1ccc([C@H](C)NC(=O)CNC(=O)c2ccc(Br)o2)cc1F. The summed E-state index contributed by atoms with van der Waals surface area (Å²) in [5, 5.41) is 5.11. The third-order valence-electron chi connectivity index (χ3n) is 3.26. The molecule has 128 valence electrons. The summed E-state index contributed by atoms with van der Waals surface area (Å²) in [6.07, 6.45) is 0. The molecule has 0 unspecified atom stereocenters. The van der Waals surface area contributed by atoms with Gasteiger partial charge in [-0.3, -0.25) is 9.59 Å². The highest BCUT2D eigenvalue weighted by atomic mass is 79.9. The third kappa shape index (κ3) is 4.58. The van der Waals surface area contributed by atoms with Gasteiger partial charge in [-0.2, -0.15) is 0 Å². The minimum absolute atomic E-state index is 0.0972. The number of rotatable bonds is 6. The molecular weight excluding hydrogens is 383 g/mol. The van der Waals surface area contributed by atoms with Crippen molar-refractivity contribution in [3.63, 3.8) is 0 Å². The van der Waals surface area contributed by atoms with E-state index in [9.17, 15) is 14.0 Å². The van der Waals surface area contributed by atoms with Gasteiger partial charge in [-0.05, 0) is 52.7 Å². The first-order chi connectivity index (χ1) is 11.4. The first-order valence-electron chi connectivity index (χ1n) is 7.07. The average molecular weight is 399 g/mol. The molecule has 0 spiro atoms. The summed E-state index contributed by atoms with van der Waals surface area (Å²) in [5.74, 6) is -1.18. The number of hydrogen-bond acceptors (Lipinski definition) is 4. The molecule has 8 heteroatoms. The number of benzene rings is 1. The Morgan fingerprint density at radius 2 is 2.08 bits per heavy atom. The van der Waals surface area contributed by atoms with Crippen LogP contribution >= 0.6 is 15.9 Å². The Kier molecular flexibility index (Phi) is 5.97. The average Bonchev–Trinajstić information content (AvgIpc) is 2.99. The predicted molar refractivity (Wildman–Crippen MR) is 88.3 cm³/mol. The fraction of sp³-hybridized carbons (Fsp3) is 0.250. The predicted octanol–water partition coefficient (Wildman–Crippen LogP) is 2.80. The van der Waals surface area contributed by atoms with Crippen LogP contribution in [0.5, 0.6) is 5.75 Å². The summed E-state index contributed by atoms with van der Waals surface area (Å²) in [5.41, 5.74) is 0.586. The van der Waals surface area contributed by atoms with E-state index in [2.05, 4.69) is 26.6 Å². The zero-order valence-corrected chi connectivity index (χ0v) is 14.6. The summed E-state index contributed by atoms with van der Waals surface area (Å²) in [6.45, 7) is 1.49. The zero-order chi connectivity index (χ0) is 17.7. The van der Waals surface area contributed by atoms with Gasteiger partial charge in [-0.15, -0.1) is 0 Å². The van der Waals surface area contributed by atoms with E-state index in [-0.39, 0.29) is 18.1 Å². The Morgan fingerprint density at radius 3 is 2.67 bits per heavy atom. The first-order valence-corrected chi connectivity index (χ1v) is 7.86. The molecule has 0 fully saturated rings. The number of carbonyl (C=O) groups is 2. The molecule has 1 aromatic heterocycles. The van der Waals surface area contributed by atoms with Crippen LogP contribution in [-0.2, 0) is 4.79 Å². The van der Waals surface area contributed by atoms with Gasteiger partial charge in [-0.25, -0.2) is 4.39 Å². The molecule has 1 heterocycles. The number of halogens is 2. The highest BCUT2D eigenvalue weighted by Gasteiger charge is 2.15. The molecule has 24 heavy (non-hydrogen) atoms. The standard InChI is InChI=1S/C16H16BrFN2O4/c1-9(10-3-4-12(23-2)11(18)7-10)20-15(21)8-19-16(22)13-5-6-14(17)24-13/h3-7,9H,8H2,1-2H3,(H,19,22)(H,20,21)/t9-/m0/s1. The fourth-order valence-corrected chi connectivity index (χ4v) is 2.32.